The SMILES string of the molecule is O=C(Nc1ccc(Cl)c(Cl)c1)c1ccc(C(=O)N2CCCC2)cc1. The Labute approximate surface area is 150 Å². The van der Waals surface area contributed by atoms with Gasteiger partial charge >= 0.3 is 0 Å². The number of hydrogen-bond donors (Lipinski definition) is 1. The zero-order chi connectivity index (χ0) is 17.1. The molecule has 1 N–H and O–H groups in total. The summed E-state index contributed by atoms with van der Waals surface area (Å²) in [6.45, 7) is 1.61. The van der Waals surface area contributed by atoms with Crippen LogP contribution in [0.5, 0.6) is 0 Å². The van der Waals surface area contributed by atoms with Crippen LogP contribution in [0.1, 0.15) is 33.6 Å². The second-order valence-electron chi connectivity index (χ2n) is 5.66. The van der Waals surface area contributed by atoms with E-state index in [-0.39, 0.29) is 11.8 Å². The number of carbonyl (C=O) groups is 2. The van der Waals surface area contributed by atoms with E-state index in [0.29, 0.717) is 26.9 Å². The number of carbonyl (C=O) groups excluding carboxylic acids is 2. The van der Waals surface area contributed by atoms with Crippen LogP contribution >= 0.6 is 23.2 Å². The van der Waals surface area contributed by atoms with E-state index in [9.17, 15) is 9.59 Å². The van der Waals surface area contributed by atoms with Crippen LogP contribution < -0.4 is 5.32 Å². The first-order chi connectivity index (χ1) is 11.5. The molecule has 0 aromatic heterocycles. The van der Waals surface area contributed by atoms with Crippen molar-refractivity contribution in [2.75, 3.05) is 18.4 Å². The van der Waals surface area contributed by atoms with Crippen molar-refractivity contribution >= 4 is 40.7 Å². The van der Waals surface area contributed by atoms with Crippen molar-refractivity contribution in [2.45, 2.75) is 12.8 Å². The van der Waals surface area contributed by atoms with E-state index < -0.39 is 0 Å². The molecule has 1 aliphatic heterocycles. The van der Waals surface area contributed by atoms with Gasteiger partial charge in [-0.05, 0) is 55.3 Å². The number of nitrogens with one attached hydrogen (secondary N) is 1. The minimum atomic E-state index is -0.270. The number of amides is 2. The molecular weight excluding hydrogens is 347 g/mol. The lowest BCUT2D eigenvalue weighted by atomic mass is 10.1. The highest BCUT2D eigenvalue weighted by molar-refractivity contribution is 6.42. The number of rotatable bonds is 3. The van der Waals surface area contributed by atoms with Crippen LogP contribution in [0.4, 0.5) is 5.69 Å². The van der Waals surface area contributed by atoms with Crippen molar-refractivity contribution in [3.8, 4) is 0 Å². The topological polar surface area (TPSA) is 49.4 Å². The Bertz CT molecular complexity index is 769. The lowest BCUT2D eigenvalue weighted by molar-refractivity contribution is 0.0792. The summed E-state index contributed by atoms with van der Waals surface area (Å²) >= 11 is 11.8. The van der Waals surface area contributed by atoms with Crippen LogP contribution in [0, 0.1) is 0 Å². The summed E-state index contributed by atoms with van der Waals surface area (Å²) in [6.07, 6.45) is 2.10. The van der Waals surface area contributed by atoms with E-state index in [0.717, 1.165) is 25.9 Å². The number of anilines is 1. The number of likely N-dealkylation sites (tertiary alicyclic amines) is 1. The van der Waals surface area contributed by atoms with Gasteiger partial charge in [-0.2, -0.15) is 0 Å². The summed E-state index contributed by atoms with van der Waals surface area (Å²) in [4.78, 5) is 26.4. The van der Waals surface area contributed by atoms with E-state index in [1.54, 1.807) is 42.5 Å². The van der Waals surface area contributed by atoms with Crippen molar-refractivity contribution in [1.82, 2.24) is 4.90 Å². The third kappa shape index (κ3) is 3.71. The fourth-order valence-corrected chi connectivity index (χ4v) is 2.94. The van der Waals surface area contributed by atoms with Crippen molar-refractivity contribution in [3.05, 3.63) is 63.6 Å². The zero-order valence-electron chi connectivity index (χ0n) is 12.9. The molecule has 3 rings (SSSR count). The average molecular weight is 363 g/mol. The minimum absolute atomic E-state index is 0.0175. The smallest absolute Gasteiger partial charge is 0.255 e. The van der Waals surface area contributed by atoms with Gasteiger partial charge in [0.05, 0.1) is 10.0 Å². The molecule has 0 bridgehead atoms. The summed E-state index contributed by atoms with van der Waals surface area (Å²) in [5.41, 5.74) is 1.63. The molecule has 0 radical (unpaired) electrons. The Morgan fingerprint density at radius 2 is 1.50 bits per heavy atom. The monoisotopic (exact) mass is 362 g/mol. The Morgan fingerprint density at radius 3 is 2.12 bits per heavy atom. The maximum atomic E-state index is 12.3. The normalized spacial score (nSPS) is 13.8. The average Bonchev–Trinajstić information content (AvgIpc) is 3.12. The molecule has 2 aromatic rings. The second kappa shape index (κ2) is 7.24. The number of benzene rings is 2. The molecule has 2 aromatic carbocycles. The largest absolute Gasteiger partial charge is 0.339 e. The fraction of sp³-hybridized carbons (Fsp3) is 0.222. The predicted molar refractivity (Wildman–Crippen MR) is 96.0 cm³/mol. The Kier molecular flexibility index (Phi) is 5.07. The van der Waals surface area contributed by atoms with Crippen LogP contribution in [-0.4, -0.2) is 29.8 Å². The van der Waals surface area contributed by atoms with Gasteiger partial charge in [-0.25, -0.2) is 0 Å². The Hall–Kier alpha value is -2.04. The predicted octanol–water partition coefficient (Wildman–Crippen LogP) is 4.48. The van der Waals surface area contributed by atoms with Crippen molar-refractivity contribution in [2.24, 2.45) is 0 Å². The van der Waals surface area contributed by atoms with Gasteiger partial charge in [0.25, 0.3) is 11.8 Å². The fourth-order valence-electron chi connectivity index (χ4n) is 2.64. The van der Waals surface area contributed by atoms with Crippen molar-refractivity contribution < 1.29 is 9.59 Å². The van der Waals surface area contributed by atoms with Crippen LogP contribution in [0.25, 0.3) is 0 Å². The van der Waals surface area contributed by atoms with Crippen molar-refractivity contribution in [1.29, 1.82) is 0 Å². The summed E-state index contributed by atoms with van der Waals surface area (Å²) in [7, 11) is 0. The molecule has 0 unspecified atom stereocenters. The lowest BCUT2D eigenvalue weighted by Crippen LogP contribution is -2.27. The molecule has 0 spiro atoms. The molecule has 4 nitrogen and oxygen atoms in total. The molecule has 1 heterocycles. The summed E-state index contributed by atoms with van der Waals surface area (Å²) in [6, 6.07) is 11.6. The molecule has 6 heteroatoms. The Morgan fingerprint density at radius 1 is 0.875 bits per heavy atom. The highest BCUT2D eigenvalue weighted by Gasteiger charge is 2.19. The maximum absolute atomic E-state index is 12.3. The second-order valence-corrected chi connectivity index (χ2v) is 6.47. The van der Waals surface area contributed by atoms with Gasteiger partial charge in [-0.3, -0.25) is 9.59 Å². The quantitative estimate of drug-likeness (QED) is 0.874. The first-order valence-corrected chi connectivity index (χ1v) is 8.46. The van der Waals surface area contributed by atoms with Gasteiger partial charge in [0.2, 0.25) is 0 Å². The number of hydrogen-bond acceptors (Lipinski definition) is 2. The van der Waals surface area contributed by atoms with Crippen LogP contribution in [0.2, 0.25) is 10.0 Å². The summed E-state index contributed by atoms with van der Waals surface area (Å²) in [5.74, 6) is -0.252. The Balaban J connectivity index is 1.69. The molecule has 2 amide bonds. The van der Waals surface area contributed by atoms with Crippen molar-refractivity contribution in [3.63, 3.8) is 0 Å². The lowest BCUT2D eigenvalue weighted by Gasteiger charge is -2.15. The molecule has 1 aliphatic rings. The van der Waals surface area contributed by atoms with Crippen LogP contribution in [0.15, 0.2) is 42.5 Å². The van der Waals surface area contributed by atoms with E-state index in [1.807, 2.05) is 4.90 Å². The summed E-state index contributed by atoms with van der Waals surface area (Å²) < 4.78 is 0. The zero-order valence-corrected chi connectivity index (χ0v) is 14.4. The molecule has 24 heavy (non-hydrogen) atoms. The van der Waals surface area contributed by atoms with Crippen LogP contribution in [0.3, 0.4) is 0 Å². The third-order valence-electron chi connectivity index (χ3n) is 3.96. The highest BCUT2D eigenvalue weighted by atomic mass is 35.5. The van der Waals surface area contributed by atoms with Gasteiger partial charge in [0, 0.05) is 29.9 Å². The molecule has 124 valence electrons. The molecule has 1 fully saturated rings. The van der Waals surface area contributed by atoms with Gasteiger partial charge in [-0.15, -0.1) is 0 Å². The van der Waals surface area contributed by atoms with E-state index in [2.05, 4.69) is 5.32 Å². The first kappa shape index (κ1) is 16.8. The third-order valence-corrected chi connectivity index (χ3v) is 4.70. The van der Waals surface area contributed by atoms with Gasteiger partial charge < -0.3 is 10.2 Å². The van der Waals surface area contributed by atoms with E-state index in [4.69, 9.17) is 23.2 Å². The van der Waals surface area contributed by atoms with Gasteiger partial charge in [0.15, 0.2) is 0 Å². The molecule has 0 aliphatic carbocycles. The molecular formula is C18H16Cl2N2O2. The minimum Gasteiger partial charge on any atom is -0.339 e. The first-order valence-electron chi connectivity index (χ1n) is 7.70. The van der Waals surface area contributed by atoms with Gasteiger partial charge in [-0.1, -0.05) is 23.2 Å². The highest BCUT2D eigenvalue weighted by Crippen LogP contribution is 2.25. The molecule has 0 atom stereocenters. The van der Waals surface area contributed by atoms with E-state index >= 15 is 0 Å². The maximum Gasteiger partial charge on any atom is 0.255 e. The summed E-state index contributed by atoms with van der Waals surface area (Å²) in [5, 5.41) is 3.56. The van der Waals surface area contributed by atoms with Crippen LogP contribution in [-0.2, 0) is 0 Å². The van der Waals surface area contributed by atoms with E-state index in [1.165, 1.54) is 0 Å². The van der Waals surface area contributed by atoms with Gasteiger partial charge in [0.1, 0.15) is 0 Å². The standard InChI is InChI=1S/C18H16Cl2N2O2/c19-15-8-7-14(11-16(15)20)21-17(23)12-3-5-13(6-4-12)18(24)22-9-1-2-10-22/h3-8,11H,1-2,9-10H2,(H,21,23). The molecule has 1 saturated heterocycles. The number of halogens is 2. The number of nitrogens with zero attached hydrogens (tertiary/aromatic N) is 1. The molecule has 0 saturated carbocycles.